The van der Waals surface area contributed by atoms with Crippen LogP contribution in [0, 0.1) is 17.0 Å². The standard InChI is InChI=1S/C16H15N3O5S/c1-9-17-13-3-4-18(8-14(13)25-9)15(20)10-5-11(16(21)24-2)7-12(6-10)19(22)23/h5-7H,3-4,8H2,1-2H3. The summed E-state index contributed by atoms with van der Waals surface area (Å²) in [6.45, 7) is 2.81. The molecule has 130 valence electrons. The largest absolute Gasteiger partial charge is 0.465 e. The number of methoxy groups -OCH3 is 1. The molecule has 1 amide bonds. The van der Waals surface area contributed by atoms with Crippen molar-refractivity contribution < 1.29 is 19.2 Å². The van der Waals surface area contributed by atoms with E-state index in [1.807, 2.05) is 6.92 Å². The van der Waals surface area contributed by atoms with Gasteiger partial charge in [-0.1, -0.05) is 0 Å². The van der Waals surface area contributed by atoms with Gasteiger partial charge in [-0.3, -0.25) is 14.9 Å². The molecule has 3 rings (SSSR count). The lowest BCUT2D eigenvalue weighted by Gasteiger charge is -2.26. The summed E-state index contributed by atoms with van der Waals surface area (Å²) in [4.78, 5) is 42.1. The highest BCUT2D eigenvalue weighted by atomic mass is 32.1. The van der Waals surface area contributed by atoms with E-state index in [1.54, 1.807) is 4.90 Å². The van der Waals surface area contributed by atoms with E-state index < -0.39 is 10.9 Å². The molecule has 0 fully saturated rings. The van der Waals surface area contributed by atoms with E-state index in [-0.39, 0.29) is 22.7 Å². The SMILES string of the molecule is COC(=O)c1cc(C(=O)N2CCc3nc(C)sc3C2)cc([N+](=O)[O-])c1. The maximum absolute atomic E-state index is 12.8. The highest BCUT2D eigenvalue weighted by Crippen LogP contribution is 2.27. The molecule has 25 heavy (non-hydrogen) atoms. The minimum absolute atomic E-state index is 0.0219. The van der Waals surface area contributed by atoms with Gasteiger partial charge in [-0.15, -0.1) is 11.3 Å². The third-order valence-corrected chi connectivity index (χ3v) is 4.92. The Morgan fingerprint density at radius 2 is 2.04 bits per heavy atom. The second kappa shape index (κ2) is 6.60. The van der Waals surface area contributed by atoms with Gasteiger partial charge < -0.3 is 9.64 Å². The zero-order chi connectivity index (χ0) is 18.1. The maximum Gasteiger partial charge on any atom is 0.338 e. The van der Waals surface area contributed by atoms with E-state index >= 15 is 0 Å². The van der Waals surface area contributed by atoms with Crippen molar-refractivity contribution in [1.82, 2.24) is 9.88 Å². The maximum atomic E-state index is 12.8. The number of non-ortho nitro benzene ring substituents is 1. The Kier molecular flexibility index (Phi) is 4.49. The van der Waals surface area contributed by atoms with E-state index in [1.165, 1.54) is 30.6 Å². The van der Waals surface area contributed by atoms with Gasteiger partial charge in [0.05, 0.1) is 34.8 Å². The minimum Gasteiger partial charge on any atom is -0.465 e. The molecule has 9 heteroatoms. The molecule has 8 nitrogen and oxygen atoms in total. The van der Waals surface area contributed by atoms with Crippen molar-refractivity contribution >= 4 is 28.9 Å². The number of esters is 1. The van der Waals surface area contributed by atoms with Gasteiger partial charge in [0.15, 0.2) is 0 Å². The first-order valence-electron chi connectivity index (χ1n) is 7.51. The van der Waals surface area contributed by atoms with Crippen molar-refractivity contribution in [3.63, 3.8) is 0 Å². The van der Waals surface area contributed by atoms with Crippen LogP contribution in [0.1, 0.15) is 36.3 Å². The number of thiazole rings is 1. The number of amides is 1. The quantitative estimate of drug-likeness (QED) is 0.472. The van der Waals surface area contributed by atoms with Crippen molar-refractivity contribution in [2.24, 2.45) is 0 Å². The summed E-state index contributed by atoms with van der Waals surface area (Å²) in [5.41, 5.74) is 0.754. The molecule has 2 aromatic rings. The zero-order valence-electron chi connectivity index (χ0n) is 13.6. The van der Waals surface area contributed by atoms with Crippen LogP contribution in [-0.2, 0) is 17.7 Å². The van der Waals surface area contributed by atoms with E-state index in [2.05, 4.69) is 9.72 Å². The van der Waals surface area contributed by atoms with Gasteiger partial charge in [-0.2, -0.15) is 0 Å². The van der Waals surface area contributed by atoms with Crippen LogP contribution in [0.3, 0.4) is 0 Å². The monoisotopic (exact) mass is 361 g/mol. The molecule has 1 aromatic carbocycles. The third-order valence-electron chi connectivity index (χ3n) is 3.92. The number of carbonyl (C=O) groups excluding carboxylic acids is 2. The average molecular weight is 361 g/mol. The number of aryl methyl sites for hydroxylation is 1. The lowest BCUT2D eigenvalue weighted by molar-refractivity contribution is -0.384. The fraction of sp³-hybridized carbons (Fsp3) is 0.312. The molecule has 0 radical (unpaired) electrons. The molecule has 2 heterocycles. The van der Waals surface area contributed by atoms with Gasteiger partial charge in [0.1, 0.15) is 0 Å². The molecule has 0 spiro atoms. The number of fused-ring (bicyclic) bond motifs is 1. The topological polar surface area (TPSA) is 103 Å². The Morgan fingerprint density at radius 1 is 1.32 bits per heavy atom. The number of carbonyl (C=O) groups is 2. The van der Waals surface area contributed by atoms with E-state index in [4.69, 9.17) is 0 Å². The fourth-order valence-electron chi connectivity index (χ4n) is 2.76. The predicted molar refractivity (Wildman–Crippen MR) is 89.7 cm³/mol. The molecular weight excluding hydrogens is 346 g/mol. The summed E-state index contributed by atoms with van der Waals surface area (Å²) in [6.07, 6.45) is 0.643. The number of rotatable bonds is 3. The molecule has 1 aliphatic heterocycles. The Hall–Kier alpha value is -2.81. The number of benzene rings is 1. The van der Waals surface area contributed by atoms with Gasteiger partial charge >= 0.3 is 5.97 Å². The van der Waals surface area contributed by atoms with Crippen molar-refractivity contribution in [3.8, 4) is 0 Å². The van der Waals surface area contributed by atoms with Gasteiger partial charge in [0.2, 0.25) is 0 Å². The van der Waals surface area contributed by atoms with Crippen molar-refractivity contribution in [1.29, 1.82) is 0 Å². The second-order valence-corrected chi connectivity index (χ2v) is 6.88. The molecule has 0 aliphatic carbocycles. The lowest BCUT2D eigenvalue weighted by Crippen LogP contribution is -2.35. The summed E-state index contributed by atoms with van der Waals surface area (Å²) in [6, 6.07) is 3.61. The second-order valence-electron chi connectivity index (χ2n) is 5.60. The smallest absolute Gasteiger partial charge is 0.338 e. The zero-order valence-corrected chi connectivity index (χ0v) is 14.5. The highest BCUT2D eigenvalue weighted by molar-refractivity contribution is 7.11. The number of nitrogens with zero attached hydrogens (tertiary/aromatic N) is 3. The van der Waals surface area contributed by atoms with Crippen LogP contribution in [0.15, 0.2) is 18.2 Å². The normalized spacial score (nSPS) is 13.3. The Bertz CT molecular complexity index is 877. The summed E-state index contributed by atoms with van der Waals surface area (Å²) in [7, 11) is 1.18. The molecular formula is C16H15N3O5S. The molecule has 0 unspecified atom stereocenters. The molecule has 0 saturated carbocycles. The van der Waals surface area contributed by atoms with Gasteiger partial charge in [-0.05, 0) is 13.0 Å². The number of nitro benzene ring substituents is 1. The lowest BCUT2D eigenvalue weighted by atomic mass is 10.1. The van der Waals surface area contributed by atoms with Crippen LogP contribution in [-0.4, -0.2) is 40.3 Å². The van der Waals surface area contributed by atoms with Crippen LogP contribution in [0.2, 0.25) is 0 Å². The number of ether oxygens (including phenoxy) is 1. The first-order chi connectivity index (χ1) is 11.9. The summed E-state index contributed by atoms with van der Waals surface area (Å²) in [5, 5.41) is 12.1. The molecule has 0 saturated heterocycles. The van der Waals surface area contributed by atoms with Crippen LogP contribution in [0.5, 0.6) is 0 Å². The summed E-state index contributed by atoms with van der Waals surface area (Å²) >= 11 is 1.54. The van der Waals surface area contributed by atoms with E-state index in [9.17, 15) is 19.7 Å². The first kappa shape index (κ1) is 17.0. The van der Waals surface area contributed by atoms with Crippen LogP contribution in [0.25, 0.3) is 0 Å². The summed E-state index contributed by atoms with van der Waals surface area (Å²) < 4.78 is 4.61. The van der Waals surface area contributed by atoms with E-state index in [0.29, 0.717) is 19.5 Å². The van der Waals surface area contributed by atoms with Crippen LogP contribution < -0.4 is 0 Å². The minimum atomic E-state index is -0.725. The number of hydrogen-bond donors (Lipinski definition) is 0. The van der Waals surface area contributed by atoms with Gasteiger partial charge in [0, 0.05) is 35.5 Å². The molecule has 0 atom stereocenters. The number of nitro groups is 1. The van der Waals surface area contributed by atoms with Crippen molar-refractivity contribution in [2.75, 3.05) is 13.7 Å². The van der Waals surface area contributed by atoms with Crippen molar-refractivity contribution in [3.05, 3.63) is 55.0 Å². The Labute approximate surface area is 147 Å². The number of hydrogen-bond acceptors (Lipinski definition) is 7. The fourth-order valence-corrected chi connectivity index (χ4v) is 3.75. The third kappa shape index (κ3) is 3.36. The van der Waals surface area contributed by atoms with E-state index in [0.717, 1.165) is 21.6 Å². The Morgan fingerprint density at radius 3 is 2.72 bits per heavy atom. The van der Waals surface area contributed by atoms with Gasteiger partial charge in [-0.25, -0.2) is 9.78 Å². The van der Waals surface area contributed by atoms with Crippen molar-refractivity contribution in [2.45, 2.75) is 19.9 Å². The first-order valence-corrected chi connectivity index (χ1v) is 8.33. The van der Waals surface area contributed by atoms with Crippen LogP contribution in [0.4, 0.5) is 5.69 Å². The molecule has 1 aliphatic rings. The van der Waals surface area contributed by atoms with Crippen LogP contribution >= 0.6 is 11.3 Å². The summed E-state index contributed by atoms with van der Waals surface area (Å²) in [5.74, 6) is -1.08. The number of aromatic nitrogens is 1. The Balaban J connectivity index is 1.92. The molecule has 0 bridgehead atoms. The molecule has 1 aromatic heterocycles. The predicted octanol–water partition coefficient (Wildman–Crippen LogP) is 2.34. The average Bonchev–Trinajstić information content (AvgIpc) is 2.98. The molecule has 0 N–H and O–H groups in total. The van der Waals surface area contributed by atoms with Gasteiger partial charge in [0.25, 0.3) is 11.6 Å². The highest BCUT2D eigenvalue weighted by Gasteiger charge is 2.26.